The van der Waals surface area contributed by atoms with E-state index >= 15 is 0 Å². The smallest absolute Gasteiger partial charge is 0.245 e. The van der Waals surface area contributed by atoms with E-state index in [1.54, 1.807) is 0 Å². The average molecular weight is 323 g/mol. The number of sulfonamides is 2. The molecule has 0 aliphatic carbocycles. The second-order valence-corrected chi connectivity index (χ2v) is 8.44. The quantitative estimate of drug-likeness (QED) is 0.618. The fraction of sp³-hybridized carbons (Fsp3) is 0.500. The van der Waals surface area contributed by atoms with Crippen LogP contribution in [0.25, 0.3) is 0 Å². The molecule has 0 saturated carbocycles. The van der Waals surface area contributed by atoms with E-state index in [2.05, 4.69) is 14.4 Å². The molecule has 0 atom stereocenters. The van der Waals surface area contributed by atoms with Gasteiger partial charge in [-0.2, -0.15) is 0 Å². The lowest BCUT2D eigenvalue weighted by atomic mass is 10.1. The van der Waals surface area contributed by atoms with Crippen molar-refractivity contribution < 1.29 is 16.8 Å². The Labute approximate surface area is 117 Å². The second-order valence-electron chi connectivity index (χ2n) is 4.96. The van der Waals surface area contributed by atoms with Crippen LogP contribution < -0.4 is 14.9 Å². The summed E-state index contributed by atoms with van der Waals surface area (Å²) in [6, 6.07) is 1.09. The van der Waals surface area contributed by atoms with E-state index in [1.807, 2.05) is 0 Å². The zero-order chi connectivity index (χ0) is 15.6. The van der Waals surface area contributed by atoms with E-state index < -0.39 is 35.9 Å². The van der Waals surface area contributed by atoms with Crippen LogP contribution in [-0.2, 0) is 20.0 Å². The molecule has 0 bridgehead atoms. The topological polar surface area (TPSA) is 125 Å². The molecule has 8 nitrogen and oxygen atoms in total. The molecule has 1 rings (SSSR count). The van der Waals surface area contributed by atoms with Crippen molar-refractivity contribution in [3.05, 3.63) is 28.7 Å². The Morgan fingerprint density at radius 3 is 2.35 bits per heavy atom. The first-order chi connectivity index (χ1) is 8.93. The molecule has 0 spiro atoms. The molecular formula is C10H17N3O5S2. The number of hydrogen-bond donors (Lipinski definition) is 3. The van der Waals surface area contributed by atoms with Crippen molar-refractivity contribution in [2.75, 3.05) is 12.8 Å². The maximum Gasteiger partial charge on any atom is 0.245 e. The van der Waals surface area contributed by atoms with Crippen molar-refractivity contribution in [1.29, 1.82) is 0 Å². The number of H-pyrrole nitrogens is 1. The van der Waals surface area contributed by atoms with Gasteiger partial charge >= 0.3 is 0 Å². The number of nitrogens with one attached hydrogen (secondary N) is 3. The molecule has 1 aromatic heterocycles. The van der Waals surface area contributed by atoms with E-state index in [4.69, 9.17) is 0 Å². The lowest BCUT2D eigenvalue weighted by molar-refractivity contribution is 0.446. The lowest BCUT2D eigenvalue weighted by Gasteiger charge is -2.25. The molecule has 0 aromatic carbocycles. The highest BCUT2D eigenvalue weighted by Crippen LogP contribution is 2.06. The van der Waals surface area contributed by atoms with Crippen molar-refractivity contribution in [3.63, 3.8) is 0 Å². The monoisotopic (exact) mass is 323 g/mol. The number of aromatic nitrogens is 1. The van der Waals surface area contributed by atoms with Crippen molar-refractivity contribution in [3.8, 4) is 0 Å². The standard InChI is InChI=1S/C10H17N3O5S2/c1-10(2,13-19(3,15)16)7-12-20(17,18)9-6-11-5-4-8(9)14/h4-6,12-13H,7H2,1-3H3,(H,11,14). The minimum absolute atomic E-state index is 0.198. The lowest BCUT2D eigenvalue weighted by Crippen LogP contribution is -2.51. The Balaban J connectivity index is 2.89. The van der Waals surface area contributed by atoms with Gasteiger partial charge in [0.05, 0.1) is 6.26 Å². The molecule has 0 aliphatic rings. The molecule has 0 fully saturated rings. The Morgan fingerprint density at radius 1 is 1.25 bits per heavy atom. The molecule has 3 N–H and O–H groups in total. The Hall–Kier alpha value is -1.23. The normalized spacial score (nSPS) is 13.3. The third-order valence-electron chi connectivity index (χ3n) is 2.24. The Kier molecular flexibility index (Phi) is 4.74. The molecule has 0 aliphatic heterocycles. The first-order valence-electron chi connectivity index (χ1n) is 5.59. The number of aromatic amines is 1. The molecule has 114 valence electrons. The molecule has 1 heterocycles. The minimum Gasteiger partial charge on any atom is -0.366 e. The molecular weight excluding hydrogens is 306 g/mol. The van der Waals surface area contributed by atoms with Crippen LogP contribution in [0, 0.1) is 0 Å². The van der Waals surface area contributed by atoms with Crippen molar-refractivity contribution in [2.24, 2.45) is 0 Å². The third kappa shape index (κ3) is 5.04. The molecule has 0 unspecified atom stereocenters. The van der Waals surface area contributed by atoms with Gasteiger partial charge in [-0.3, -0.25) is 4.79 Å². The maximum absolute atomic E-state index is 12.0. The minimum atomic E-state index is -4.01. The van der Waals surface area contributed by atoms with Gasteiger partial charge < -0.3 is 4.98 Å². The summed E-state index contributed by atoms with van der Waals surface area (Å²) >= 11 is 0. The van der Waals surface area contributed by atoms with Crippen LogP contribution in [0.1, 0.15) is 13.8 Å². The summed E-state index contributed by atoms with van der Waals surface area (Å²) in [6.45, 7) is 2.84. The van der Waals surface area contributed by atoms with Crippen LogP contribution in [0.2, 0.25) is 0 Å². The van der Waals surface area contributed by atoms with Gasteiger partial charge in [-0.25, -0.2) is 26.3 Å². The number of rotatable bonds is 6. The van der Waals surface area contributed by atoms with Crippen LogP contribution in [0.4, 0.5) is 0 Å². The van der Waals surface area contributed by atoms with E-state index in [1.165, 1.54) is 20.0 Å². The van der Waals surface area contributed by atoms with Crippen LogP contribution in [-0.4, -0.2) is 40.2 Å². The van der Waals surface area contributed by atoms with Gasteiger partial charge in [0, 0.05) is 30.5 Å². The second kappa shape index (κ2) is 5.64. The fourth-order valence-electron chi connectivity index (χ4n) is 1.50. The summed E-state index contributed by atoms with van der Waals surface area (Å²) in [5, 5.41) is 0. The van der Waals surface area contributed by atoms with Crippen LogP contribution in [0.5, 0.6) is 0 Å². The van der Waals surface area contributed by atoms with Crippen LogP contribution in [0.3, 0.4) is 0 Å². The summed E-state index contributed by atoms with van der Waals surface area (Å²) in [5.74, 6) is 0. The highest BCUT2D eigenvalue weighted by atomic mass is 32.2. The van der Waals surface area contributed by atoms with E-state index in [0.29, 0.717) is 0 Å². The molecule has 10 heteroatoms. The first-order valence-corrected chi connectivity index (χ1v) is 8.96. The molecule has 0 saturated heterocycles. The third-order valence-corrected chi connectivity index (χ3v) is 4.59. The summed E-state index contributed by atoms with van der Waals surface area (Å²) in [4.78, 5) is 13.6. The zero-order valence-corrected chi connectivity index (χ0v) is 12.9. The van der Waals surface area contributed by atoms with Gasteiger partial charge in [0.15, 0.2) is 0 Å². The zero-order valence-electron chi connectivity index (χ0n) is 11.3. The molecule has 0 amide bonds. The Bertz CT molecular complexity index is 734. The summed E-state index contributed by atoms with van der Waals surface area (Å²) in [5.41, 5.74) is -1.67. The Morgan fingerprint density at radius 2 is 1.85 bits per heavy atom. The summed E-state index contributed by atoms with van der Waals surface area (Å²) in [6.07, 6.45) is 3.36. The van der Waals surface area contributed by atoms with Gasteiger partial charge in [0.2, 0.25) is 25.5 Å². The maximum atomic E-state index is 12.0. The van der Waals surface area contributed by atoms with Gasteiger partial charge in [0.25, 0.3) is 0 Å². The van der Waals surface area contributed by atoms with E-state index in [-0.39, 0.29) is 6.54 Å². The predicted octanol–water partition coefficient (Wildman–Crippen LogP) is -1.02. The average Bonchev–Trinajstić information content (AvgIpc) is 2.24. The van der Waals surface area contributed by atoms with E-state index in [0.717, 1.165) is 18.5 Å². The predicted molar refractivity (Wildman–Crippen MR) is 74.3 cm³/mol. The molecule has 0 radical (unpaired) electrons. The molecule has 20 heavy (non-hydrogen) atoms. The van der Waals surface area contributed by atoms with Crippen molar-refractivity contribution in [1.82, 2.24) is 14.4 Å². The molecule has 1 aromatic rings. The van der Waals surface area contributed by atoms with Gasteiger partial charge in [-0.05, 0) is 13.8 Å². The highest BCUT2D eigenvalue weighted by molar-refractivity contribution is 7.89. The SMILES string of the molecule is CC(C)(CNS(=O)(=O)c1c[nH]ccc1=O)NS(C)(=O)=O. The van der Waals surface area contributed by atoms with Gasteiger partial charge in [-0.15, -0.1) is 0 Å². The first kappa shape index (κ1) is 16.8. The fourth-order valence-corrected chi connectivity index (χ4v) is 3.84. The van der Waals surface area contributed by atoms with Gasteiger partial charge in [0.1, 0.15) is 4.90 Å². The van der Waals surface area contributed by atoms with Crippen LogP contribution >= 0.6 is 0 Å². The van der Waals surface area contributed by atoms with Crippen molar-refractivity contribution >= 4 is 20.0 Å². The van der Waals surface area contributed by atoms with Gasteiger partial charge in [-0.1, -0.05) is 0 Å². The van der Waals surface area contributed by atoms with Crippen LogP contribution in [0.15, 0.2) is 28.2 Å². The van der Waals surface area contributed by atoms with Crippen molar-refractivity contribution in [2.45, 2.75) is 24.3 Å². The number of pyridine rings is 1. The summed E-state index contributed by atoms with van der Waals surface area (Å²) in [7, 11) is -7.48. The summed E-state index contributed by atoms with van der Waals surface area (Å²) < 4.78 is 50.7. The number of hydrogen-bond acceptors (Lipinski definition) is 5. The largest absolute Gasteiger partial charge is 0.366 e. The van der Waals surface area contributed by atoms with E-state index in [9.17, 15) is 21.6 Å². The highest BCUT2D eigenvalue weighted by Gasteiger charge is 2.26.